The van der Waals surface area contributed by atoms with Gasteiger partial charge >= 0.3 is 0 Å². The van der Waals surface area contributed by atoms with E-state index in [1.54, 1.807) is 0 Å². The molecule has 1 fully saturated rings. The molecule has 1 saturated heterocycles. The van der Waals surface area contributed by atoms with Crippen LogP contribution in [0.2, 0.25) is 0 Å². The fourth-order valence-corrected chi connectivity index (χ4v) is 3.56. The highest BCUT2D eigenvalue weighted by Gasteiger charge is 2.31. The minimum Gasteiger partial charge on any atom is -0.352 e. The van der Waals surface area contributed by atoms with Gasteiger partial charge < -0.3 is 11.1 Å². The zero-order valence-corrected chi connectivity index (χ0v) is 15.7. The molecule has 4 heteroatoms. The standard InChI is InChI=1S/C22H29N3O/c1-16(2)12-24-22(26)19-10-6-7-17(11-19)13-25-14-20(21(23)15-25)18-8-4-3-5-9-18/h3-11,16,20-21H,12-15,23H2,1-2H3,(H,24,26)/t20-,21+/m0/s1. The Hall–Kier alpha value is -2.17. The molecule has 0 radical (unpaired) electrons. The van der Waals surface area contributed by atoms with Gasteiger partial charge in [-0.1, -0.05) is 56.3 Å². The van der Waals surface area contributed by atoms with E-state index < -0.39 is 0 Å². The molecule has 2 aromatic rings. The first kappa shape index (κ1) is 18.6. The second-order valence-electron chi connectivity index (χ2n) is 7.68. The zero-order chi connectivity index (χ0) is 18.5. The average molecular weight is 351 g/mol. The van der Waals surface area contributed by atoms with Crippen LogP contribution in [0.4, 0.5) is 0 Å². The van der Waals surface area contributed by atoms with Crippen molar-refractivity contribution in [3.63, 3.8) is 0 Å². The summed E-state index contributed by atoms with van der Waals surface area (Å²) in [6.45, 7) is 7.54. The number of carbonyl (C=O) groups is 1. The van der Waals surface area contributed by atoms with E-state index in [0.29, 0.717) is 18.4 Å². The maximum absolute atomic E-state index is 12.3. The lowest BCUT2D eigenvalue weighted by molar-refractivity contribution is 0.0949. The fraction of sp³-hybridized carbons (Fsp3) is 0.409. The number of hydrogen-bond acceptors (Lipinski definition) is 3. The second kappa shape index (κ2) is 8.47. The van der Waals surface area contributed by atoms with Gasteiger partial charge in [-0.05, 0) is 29.2 Å². The van der Waals surface area contributed by atoms with Crippen LogP contribution in [0.5, 0.6) is 0 Å². The molecule has 0 aliphatic carbocycles. The molecule has 138 valence electrons. The normalized spacial score (nSPS) is 20.5. The SMILES string of the molecule is CC(C)CNC(=O)c1cccc(CN2C[C@@H](N)[C@H](c3ccccc3)C2)c1. The largest absolute Gasteiger partial charge is 0.352 e. The second-order valence-corrected chi connectivity index (χ2v) is 7.68. The summed E-state index contributed by atoms with van der Waals surface area (Å²) in [4.78, 5) is 14.7. The smallest absolute Gasteiger partial charge is 0.251 e. The van der Waals surface area contributed by atoms with Crippen molar-refractivity contribution in [2.45, 2.75) is 32.4 Å². The molecule has 26 heavy (non-hydrogen) atoms. The summed E-state index contributed by atoms with van der Waals surface area (Å²) in [6.07, 6.45) is 0. The predicted octanol–water partition coefficient (Wildman–Crippen LogP) is 3.00. The molecule has 3 N–H and O–H groups in total. The van der Waals surface area contributed by atoms with Crippen LogP contribution >= 0.6 is 0 Å². The van der Waals surface area contributed by atoms with E-state index in [1.165, 1.54) is 5.56 Å². The molecule has 0 spiro atoms. The van der Waals surface area contributed by atoms with Gasteiger partial charge in [-0.3, -0.25) is 9.69 Å². The molecule has 1 heterocycles. The van der Waals surface area contributed by atoms with Crippen molar-refractivity contribution >= 4 is 5.91 Å². The highest BCUT2D eigenvalue weighted by molar-refractivity contribution is 5.94. The van der Waals surface area contributed by atoms with E-state index in [0.717, 1.165) is 30.8 Å². The highest BCUT2D eigenvalue weighted by Crippen LogP contribution is 2.27. The van der Waals surface area contributed by atoms with Crippen molar-refractivity contribution in [3.8, 4) is 0 Å². The quantitative estimate of drug-likeness (QED) is 0.841. The van der Waals surface area contributed by atoms with Crippen LogP contribution in [0, 0.1) is 5.92 Å². The maximum atomic E-state index is 12.3. The Labute approximate surface area is 156 Å². The number of amides is 1. The lowest BCUT2D eigenvalue weighted by Gasteiger charge is -2.17. The van der Waals surface area contributed by atoms with Crippen LogP contribution < -0.4 is 11.1 Å². The van der Waals surface area contributed by atoms with Crippen LogP contribution in [0.25, 0.3) is 0 Å². The average Bonchev–Trinajstić information content (AvgIpc) is 3.00. The van der Waals surface area contributed by atoms with Gasteiger partial charge in [-0.2, -0.15) is 0 Å². The van der Waals surface area contributed by atoms with Crippen molar-refractivity contribution in [1.29, 1.82) is 0 Å². The number of likely N-dealkylation sites (tertiary alicyclic amines) is 1. The number of nitrogens with zero attached hydrogens (tertiary/aromatic N) is 1. The molecule has 1 aliphatic heterocycles. The highest BCUT2D eigenvalue weighted by atomic mass is 16.1. The zero-order valence-electron chi connectivity index (χ0n) is 15.7. The van der Waals surface area contributed by atoms with E-state index in [2.05, 4.69) is 54.4 Å². The molecule has 2 aromatic carbocycles. The molecule has 0 aromatic heterocycles. The molecule has 4 nitrogen and oxygen atoms in total. The Kier molecular flexibility index (Phi) is 6.07. The summed E-state index contributed by atoms with van der Waals surface area (Å²) in [5.41, 5.74) is 9.59. The fourth-order valence-electron chi connectivity index (χ4n) is 3.56. The minimum absolute atomic E-state index is 0.000774. The summed E-state index contributed by atoms with van der Waals surface area (Å²) >= 11 is 0. The van der Waals surface area contributed by atoms with Crippen molar-refractivity contribution in [3.05, 3.63) is 71.3 Å². The maximum Gasteiger partial charge on any atom is 0.251 e. The van der Waals surface area contributed by atoms with Gasteiger partial charge in [0.25, 0.3) is 5.91 Å². The summed E-state index contributed by atoms with van der Waals surface area (Å²) in [5.74, 6) is 0.817. The Balaban J connectivity index is 1.63. The molecule has 0 saturated carbocycles. The topological polar surface area (TPSA) is 58.4 Å². The number of carbonyl (C=O) groups excluding carboxylic acids is 1. The van der Waals surface area contributed by atoms with Crippen LogP contribution in [0.15, 0.2) is 54.6 Å². The minimum atomic E-state index is 0.000774. The summed E-state index contributed by atoms with van der Waals surface area (Å²) in [6, 6.07) is 18.6. The predicted molar refractivity (Wildman–Crippen MR) is 106 cm³/mol. The van der Waals surface area contributed by atoms with Crippen LogP contribution in [-0.4, -0.2) is 36.5 Å². The van der Waals surface area contributed by atoms with E-state index >= 15 is 0 Å². The Morgan fingerprint density at radius 1 is 1.15 bits per heavy atom. The van der Waals surface area contributed by atoms with E-state index in [4.69, 9.17) is 5.73 Å². The summed E-state index contributed by atoms with van der Waals surface area (Å²) in [5, 5.41) is 2.98. The van der Waals surface area contributed by atoms with Gasteiger partial charge in [0.05, 0.1) is 0 Å². The molecular weight excluding hydrogens is 322 g/mol. The van der Waals surface area contributed by atoms with Gasteiger partial charge in [0.2, 0.25) is 0 Å². The number of nitrogens with two attached hydrogens (primary N) is 1. The van der Waals surface area contributed by atoms with Crippen molar-refractivity contribution in [2.24, 2.45) is 11.7 Å². The number of nitrogens with one attached hydrogen (secondary N) is 1. The first-order chi connectivity index (χ1) is 12.5. The van der Waals surface area contributed by atoms with Crippen molar-refractivity contribution < 1.29 is 4.79 Å². The third-order valence-electron chi connectivity index (χ3n) is 4.93. The van der Waals surface area contributed by atoms with Crippen molar-refractivity contribution in [2.75, 3.05) is 19.6 Å². The van der Waals surface area contributed by atoms with Crippen LogP contribution in [0.3, 0.4) is 0 Å². The molecule has 0 bridgehead atoms. The van der Waals surface area contributed by atoms with E-state index in [9.17, 15) is 4.79 Å². The van der Waals surface area contributed by atoms with Gasteiger partial charge in [-0.25, -0.2) is 0 Å². The monoisotopic (exact) mass is 351 g/mol. The van der Waals surface area contributed by atoms with Crippen molar-refractivity contribution in [1.82, 2.24) is 10.2 Å². The van der Waals surface area contributed by atoms with Gasteiger partial charge in [-0.15, -0.1) is 0 Å². The van der Waals surface area contributed by atoms with E-state index in [1.807, 2.05) is 24.3 Å². The first-order valence-corrected chi connectivity index (χ1v) is 9.43. The summed E-state index contributed by atoms with van der Waals surface area (Å²) in [7, 11) is 0. The molecule has 3 rings (SSSR count). The van der Waals surface area contributed by atoms with Crippen LogP contribution in [0.1, 0.15) is 41.3 Å². The first-order valence-electron chi connectivity index (χ1n) is 9.43. The van der Waals surface area contributed by atoms with Gasteiger partial charge in [0.15, 0.2) is 0 Å². The molecule has 1 aliphatic rings. The number of benzene rings is 2. The lowest BCUT2D eigenvalue weighted by Crippen LogP contribution is -2.29. The summed E-state index contributed by atoms with van der Waals surface area (Å²) < 4.78 is 0. The van der Waals surface area contributed by atoms with Gasteiger partial charge in [0, 0.05) is 43.7 Å². The molecule has 1 amide bonds. The Bertz CT molecular complexity index is 729. The van der Waals surface area contributed by atoms with Gasteiger partial charge in [0.1, 0.15) is 0 Å². The van der Waals surface area contributed by atoms with E-state index in [-0.39, 0.29) is 11.9 Å². The Morgan fingerprint density at radius 3 is 2.65 bits per heavy atom. The molecular formula is C22H29N3O. The third-order valence-corrected chi connectivity index (χ3v) is 4.93. The number of hydrogen-bond donors (Lipinski definition) is 2. The lowest BCUT2D eigenvalue weighted by atomic mass is 9.95. The van der Waals surface area contributed by atoms with Crippen LogP contribution in [-0.2, 0) is 6.54 Å². The Morgan fingerprint density at radius 2 is 1.92 bits per heavy atom. The third kappa shape index (κ3) is 4.71. The molecule has 0 unspecified atom stereocenters. The molecule has 2 atom stereocenters. The number of rotatable bonds is 6.